The summed E-state index contributed by atoms with van der Waals surface area (Å²) in [7, 11) is -0.991. The van der Waals surface area contributed by atoms with Gasteiger partial charge in [-0.3, -0.25) is 9.00 Å². The molecule has 1 aliphatic carbocycles. The van der Waals surface area contributed by atoms with Crippen LogP contribution in [0.4, 0.5) is 0 Å². The summed E-state index contributed by atoms with van der Waals surface area (Å²) in [6, 6.07) is 7.34. The van der Waals surface area contributed by atoms with Crippen molar-refractivity contribution in [3.05, 3.63) is 29.8 Å². The molecule has 1 fully saturated rings. The molecule has 1 atom stereocenters. The van der Waals surface area contributed by atoms with E-state index in [1.807, 2.05) is 0 Å². The molecule has 0 heterocycles. The smallest absolute Gasteiger partial charge is 0.251 e. The molecule has 1 N–H and O–H groups in total. The zero-order valence-electron chi connectivity index (χ0n) is 11.4. The van der Waals surface area contributed by atoms with Gasteiger partial charge in [-0.05, 0) is 37.1 Å². The molecule has 104 valence electrons. The summed E-state index contributed by atoms with van der Waals surface area (Å²) in [6.07, 6.45) is 8.79. The SMILES string of the molecule is CS(=O)c1ccc(C(=O)NC2CCCCCC2)cc1. The van der Waals surface area contributed by atoms with Crippen molar-refractivity contribution in [1.29, 1.82) is 0 Å². The van der Waals surface area contributed by atoms with Crippen molar-refractivity contribution in [2.75, 3.05) is 6.26 Å². The van der Waals surface area contributed by atoms with Crippen LogP contribution in [0.2, 0.25) is 0 Å². The lowest BCUT2D eigenvalue weighted by atomic mass is 10.1. The van der Waals surface area contributed by atoms with E-state index in [0.29, 0.717) is 11.6 Å². The van der Waals surface area contributed by atoms with Gasteiger partial charge in [0.25, 0.3) is 5.91 Å². The number of hydrogen-bond donors (Lipinski definition) is 1. The molecular formula is C15H21NO2S. The van der Waals surface area contributed by atoms with Crippen LogP contribution in [0.25, 0.3) is 0 Å². The van der Waals surface area contributed by atoms with Crippen molar-refractivity contribution in [1.82, 2.24) is 5.32 Å². The van der Waals surface area contributed by atoms with Crippen molar-refractivity contribution in [2.45, 2.75) is 49.5 Å². The Hall–Kier alpha value is -1.16. The van der Waals surface area contributed by atoms with Crippen molar-refractivity contribution < 1.29 is 9.00 Å². The lowest BCUT2D eigenvalue weighted by Crippen LogP contribution is -2.34. The van der Waals surface area contributed by atoms with E-state index in [1.54, 1.807) is 30.5 Å². The number of carbonyl (C=O) groups is 1. The Bertz CT molecular complexity index is 448. The zero-order valence-corrected chi connectivity index (χ0v) is 12.2. The van der Waals surface area contributed by atoms with Crippen LogP contribution in [0, 0.1) is 0 Å². The van der Waals surface area contributed by atoms with E-state index in [0.717, 1.165) is 17.7 Å². The number of carbonyl (C=O) groups excluding carboxylic acids is 1. The molecule has 0 bridgehead atoms. The average molecular weight is 279 g/mol. The van der Waals surface area contributed by atoms with Crippen LogP contribution in [-0.2, 0) is 10.8 Å². The predicted molar refractivity (Wildman–Crippen MR) is 77.7 cm³/mol. The Morgan fingerprint density at radius 2 is 1.68 bits per heavy atom. The molecule has 1 saturated carbocycles. The van der Waals surface area contributed by atoms with Gasteiger partial charge in [-0.2, -0.15) is 0 Å². The van der Waals surface area contributed by atoms with Gasteiger partial charge in [0.1, 0.15) is 0 Å². The minimum atomic E-state index is -0.991. The standard InChI is InChI=1S/C15H21NO2S/c1-19(18)14-10-8-12(9-11-14)15(17)16-13-6-4-2-3-5-7-13/h8-11,13H,2-7H2,1H3,(H,16,17). The summed E-state index contributed by atoms with van der Waals surface area (Å²) in [6.45, 7) is 0. The van der Waals surface area contributed by atoms with Crippen LogP contribution in [0.3, 0.4) is 0 Å². The Morgan fingerprint density at radius 1 is 1.11 bits per heavy atom. The fourth-order valence-corrected chi connectivity index (χ4v) is 3.01. The number of nitrogens with one attached hydrogen (secondary N) is 1. The Balaban J connectivity index is 1.96. The third-order valence-electron chi connectivity index (χ3n) is 3.64. The highest BCUT2D eigenvalue weighted by Gasteiger charge is 2.15. The number of rotatable bonds is 3. The zero-order chi connectivity index (χ0) is 13.7. The fourth-order valence-electron chi connectivity index (χ4n) is 2.49. The molecule has 1 aromatic rings. The summed E-state index contributed by atoms with van der Waals surface area (Å²) >= 11 is 0. The highest BCUT2D eigenvalue weighted by atomic mass is 32.2. The Kier molecular flexibility index (Phi) is 5.14. The first-order valence-electron chi connectivity index (χ1n) is 6.91. The van der Waals surface area contributed by atoms with E-state index >= 15 is 0 Å². The van der Waals surface area contributed by atoms with Gasteiger partial charge in [-0.15, -0.1) is 0 Å². The largest absolute Gasteiger partial charge is 0.349 e. The Morgan fingerprint density at radius 3 is 2.21 bits per heavy atom. The van der Waals surface area contributed by atoms with E-state index in [2.05, 4.69) is 5.32 Å². The van der Waals surface area contributed by atoms with Crippen LogP contribution in [0.1, 0.15) is 48.9 Å². The van der Waals surface area contributed by atoms with E-state index in [4.69, 9.17) is 0 Å². The topological polar surface area (TPSA) is 46.2 Å². The van der Waals surface area contributed by atoms with Crippen LogP contribution < -0.4 is 5.32 Å². The third-order valence-corrected chi connectivity index (χ3v) is 4.57. The van der Waals surface area contributed by atoms with Crippen LogP contribution in [-0.4, -0.2) is 22.4 Å². The first kappa shape index (κ1) is 14.3. The van der Waals surface area contributed by atoms with Crippen LogP contribution in [0.5, 0.6) is 0 Å². The first-order valence-corrected chi connectivity index (χ1v) is 8.47. The van der Waals surface area contributed by atoms with Gasteiger partial charge in [-0.1, -0.05) is 25.7 Å². The van der Waals surface area contributed by atoms with E-state index < -0.39 is 10.8 Å². The molecule has 0 radical (unpaired) electrons. The normalized spacial score (nSPS) is 18.6. The molecular weight excluding hydrogens is 258 g/mol. The van der Waals surface area contributed by atoms with Gasteiger partial charge in [-0.25, -0.2) is 0 Å². The first-order chi connectivity index (χ1) is 9.16. The summed E-state index contributed by atoms with van der Waals surface area (Å²) in [5.41, 5.74) is 0.651. The predicted octanol–water partition coefficient (Wildman–Crippen LogP) is 2.88. The second kappa shape index (κ2) is 6.85. The van der Waals surface area contributed by atoms with E-state index in [1.165, 1.54) is 25.7 Å². The minimum absolute atomic E-state index is 0.0136. The average Bonchev–Trinajstić information content (AvgIpc) is 2.67. The van der Waals surface area contributed by atoms with Gasteiger partial charge >= 0.3 is 0 Å². The van der Waals surface area contributed by atoms with Crippen LogP contribution >= 0.6 is 0 Å². The summed E-state index contributed by atoms with van der Waals surface area (Å²) < 4.78 is 11.3. The molecule has 1 amide bonds. The maximum Gasteiger partial charge on any atom is 0.251 e. The molecule has 0 aliphatic heterocycles. The lowest BCUT2D eigenvalue weighted by Gasteiger charge is -2.16. The molecule has 0 spiro atoms. The molecule has 19 heavy (non-hydrogen) atoms. The molecule has 4 heteroatoms. The second-order valence-electron chi connectivity index (χ2n) is 5.14. The van der Waals surface area contributed by atoms with E-state index in [9.17, 15) is 9.00 Å². The van der Waals surface area contributed by atoms with Crippen molar-refractivity contribution in [3.8, 4) is 0 Å². The summed E-state index contributed by atoms with van der Waals surface area (Å²) in [5.74, 6) is -0.0136. The van der Waals surface area contributed by atoms with Crippen LogP contribution in [0.15, 0.2) is 29.2 Å². The van der Waals surface area contributed by atoms with Crippen molar-refractivity contribution in [3.63, 3.8) is 0 Å². The third kappa shape index (κ3) is 4.16. The Labute approximate surface area is 117 Å². The van der Waals surface area contributed by atoms with Gasteiger partial charge in [0.2, 0.25) is 0 Å². The molecule has 1 aromatic carbocycles. The van der Waals surface area contributed by atoms with Gasteiger partial charge in [0, 0.05) is 33.6 Å². The quantitative estimate of drug-likeness (QED) is 0.865. The molecule has 1 aliphatic rings. The monoisotopic (exact) mass is 279 g/mol. The highest BCUT2D eigenvalue weighted by molar-refractivity contribution is 7.84. The lowest BCUT2D eigenvalue weighted by molar-refractivity contribution is 0.0933. The molecule has 0 saturated heterocycles. The fraction of sp³-hybridized carbons (Fsp3) is 0.533. The molecule has 0 aromatic heterocycles. The number of amides is 1. The van der Waals surface area contributed by atoms with Crippen molar-refractivity contribution in [2.24, 2.45) is 0 Å². The van der Waals surface area contributed by atoms with Gasteiger partial charge in [0.05, 0.1) is 0 Å². The maximum absolute atomic E-state index is 12.1. The maximum atomic E-state index is 12.1. The van der Waals surface area contributed by atoms with Gasteiger partial charge < -0.3 is 5.32 Å². The highest BCUT2D eigenvalue weighted by Crippen LogP contribution is 2.17. The summed E-state index contributed by atoms with van der Waals surface area (Å²) in [5, 5.41) is 3.11. The number of hydrogen-bond acceptors (Lipinski definition) is 2. The molecule has 2 rings (SSSR count). The molecule has 1 unspecified atom stereocenters. The minimum Gasteiger partial charge on any atom is -0.349 e. The summed E-state index contributed by atoms with van der Waals surface area (Å²) in [4.78, 5) is 12.9. The molecule has 3 nitrogen and oxygen atoms in total. The van der Waals surface area contributed by atoms with Crippen molar-refractivity contribution >= 4 is 16.7 Å². The van der Waals surface area contributed by atoms with Gasteiger partial charge in [0.15, 0.2) is 0 Å². The second-order valence-corrected chi connectivity index (χ2v) is 6.52. The van der Waals surface area contributed by atoms with E-state index in [-0.39, 0.29) is 5.91 Å². The number of benzene rings is 1.